The third-order valence-electron chi connectivity index (χ3n) is 5.66. The van der Waals surface area contributed by atoms with Crippen molar-refractivity contribution in [2.75, 3.05) is 33.2 Å². The predicted octanol–water partition coefficient (Wildman–Crippen LogP) is 4.25. The summed E-state index contributed by atoms with van der Waals surface area (Å²) in [6.07, 6.45) is 2.44. The van der Waals surface area contributed by atoms with Gasteiger partial charge in [0, 0.05) is 36.1 Å². The SMILES string of the molecule is CCNC(=O)c1cccc(CN=C(NCC)NCC2CCCN(C)C2c2cccs2)c1.I. The highest BCUT2D eigenvalue weighted by Crippen LogP contribution is 2.36. The van der Waals surface area contributed by atoms with Crippen molar-refractivity contribution in [2.45, 2.75) is 39.3 Å². The van der Waals surface area contributed by atoms with E-state index in [1.807, 2.05) is 42.5 Å². The highest BCUT2D eigenvalue weighted by atomic mass is 127. The quantitative estimate of drug-likeness (QED) is 0.253. The Hall–Kier alpha value is -1.65. The second-order valence-corrected chi connectivity index (χ2v) is 8.96. The van der Waals surface area contributed by atoms with Crippen LogP contribution in [0.25, 0.3) is 0 Å². The van der Waals surface area contributed by atoms with Crippen molar-refractivity contribution in [3.63, 3.8) is 0 Å². The fourth-order valence-electron chi connectivity index (χ4n) is 4.20. The first kappa shape index (κ1) is 26.6. The molecule has 0 spiro atoms. The highest BCUT2D eigenvalue weighted by Gasteiger charge is 2.31. The number of rotatable bonds is 8. The third kappa shape index (κ3) is 7.45. The Bertz CT molecular complexity index is 858. The maximum absolute atomic E-state index is 12.1. The molecule has 2 heterocycles. The number of halogens is 1. The van der Waals surface area contributed by atoms with Crippen LogP contribution in [0.3, 0.4) is 0 Å². The topological polar surface area (TPSA) is 68.8 Å². The highest BCUT2D eigenvalue weighted by molar-refractivity contribution is 14.0. The van der Waals surface area contributed by atoms with E-state index in [-0.39, 0.29) is 29.9 Å². The number of nitrogens with zero attached hydrogens (tertiary/aromatic N) is 2. The molecule has 1 aliphatic rings. The second kappa shape index (κ2) is 13.8. The predicted molar refractivity (Wildman–Crippen MR) is 145 cm³/mol. The van der Waals surface area contributed by atoms with Crippen LogP contribution in [0.2, 0.25) is 0 Å². The largest absolute Gasteiger partial charge is 0.357 e. The van der Waals surface area contributed by atoms with E-state index in [2.05, 4.69) is 52.3 Å². The summed E-state index contributed by atoms with van der Waals surface area (Å²) in [5, 5.41) is 11.9. The lowest BCUT2D eigenvalue weighted by atomic mass is 9.88. The molecule has 0 saturated carbocycles. The Morgan fingerprint density at radius 3 is 2.69 bits per heavy atom. The number of benzene rings is 1. The lowest BCUT2D eigenvalue weighted by molar-refractivity contribution is 0.0955. The summed E-state index contributed by atoms with van der Waals surface area (Å²) in [5.74, 6) is 1.32. The number of piperidine rings is 1. The van der Waals surface area contributed by atoms with Crippen molar-refractivity contribution < 1.29 is 4.79 Å². The van der Waals surface area contributed by atoms with Crippen molar-refractivity contribution in [1.29, 1.82) is 0 Å². The zero-order chi connectivity index (χ0) is 22.1. The summed E-state index contributed by atoms with van der Waals surface area (Å²) < 4.78 is 0. The van der Waals surface area contributed by atoms with Crippen LogP contribution < -0.4 is 16.0 Å². The van der Waals surface area contributed by atoms with Gasteiger partial charge in [0.1, 0.15) is 0 Å². The van der Waals surface area contributed by atoms with Crippen LogP contribution in [0, 0.1) is 5.92 Å². The van der Waals surface area contributed by atoms with Gasteiger partial charge in [-0.1, -0.05) is 18.2 Å². The lowest BCUT2D eigenvalue weighted by Crippen LogP contribution is -2.44. The van der Waals surface area contributed by atoms with Crippen LogP contribution in [-0.4, -0.2) is 50.0 Å². The molecule has 2 atom stereocenters. The number of guanidine groups is 1. The van der Waals surface area contributed by atoms with Gasteiger partial charge in [-0.05, 0) is 75.3 Å². The molecule has 3 rings (SSSR count). The molecule has 8 heteroatoms. The number of amides is 1. The van der Waals surface area contributed by atoms with E-state index in [9.17, 15) is 4.79 Å². The molecule has 2 aromatic rings. The van der Waals surface area contributed by atoms with E-state index in [4.69, 9.17) is 4.99 Å². The zero-order valence-electron chi connectivity index (χ0n) is 19.3. The molecule has 1 amide bonds. The van der Waals surface area contributed by atoms with Gasteiger partial charge in [-0.15, -0.1) is 35.3 Å². The number of carbonyl (C=O) groups excluding carboxylic acids is 1. The summed E-state index contributed by atoms with van der Waals surface area (Å²) in [6, 6.07) is 12.5. The molecule has 3 N–H and O–H groups in total. The number of aliphatic imine (C=N–C) groups is 1. The molecular formula is C24H36IN5OS. The van der Waals surface area contributed by atoms with Crippen molar-refractivity contribution >= 4 is 47.2 Å². The summed E-state index contributed by atoms with van der Waals surface area (Å²) >= 11 is 1.85. The molecule has 2 unspecified atom stereocenters. The minimum Gasteiger partial charge on any atom is -0.357 e. The first-order valence-electron chi connectivity index (χ1n) is 11.2. The van der Waals surface area contributed by atoms with Crippen LogP contribution in [-0.2, 0) is 6.54 Å². The number of hydrogen-bond donors (Lipinski definition) is 3. The standard InChI is InChI=1S/C24H35N5OS.HI/c1-4-25-23(30)19-10-6-9-18(15-19)16-27-24(26-5-2)28-17-20-11-7-13-29(3)22(20)21-12-8-14-31-21;/h6,8-10,12,14-15,20,22H,4-5,7,11,13,16-17H2,1-3H3,(H,25,30)(H2,26,27,28);1H. The smallest absolute Gasteiger partial charge is 0.251 e. The molecule has 1 saturated heterocycles. The maximum atomic E-state index is 12.1. The van der Waals surface area contributed by atoms with Gasteiger partial charge in [0.15, 0.2) is 5.96 Å². The molecule has 1 aromatic heterocycles. The van der Waals surface area contributed by atoms with Crippen molar-refractivity contribution in [2.24, 2.45) is 10.9 Å². The van der Waals surface area contributed by atoms with Crippen LogP contribution in [0.4, 0.5) is 0 Å². The Balaban J connectivity index is 0.00000363. The van der Waals surface area contributed by atoms with Crippen molar-refractivity contribution in [1.82, 2.24) is 20.9 Å². The molecule has 1 fully saturated rings. The van der Waals surface area contributed by atoms with Crippen molar-refractivity contribution in [3.05, 3.63) is 57.8 Å². The van der Waals surface area contributed by atoms with Gasteiger partial charge in [0.25, 0.3) is 5.91 Å². The first-order chi connectivity index (χ1) is 15.1. The van der Waals surface area contributed by atoms with Gasteiger partial charge in [0.05, 0.1) is 6.54 Å². The lowest BCUT2D eigenvalue weighted by Gasteiger charge is -2.39. The van der Waals surface area contributed by atoms with Crippen LogP contribution in [0.1, 0.15) is 53.5 Å². The average molecular weight is 570 g/mol. The fraction of sp³-hybridized carbons (Fsp3) is 0.500. The number of likely N-dealkylation sites (tertiary alicyclic amines) is 1. The summed E-state index contributed by atoms with van der Waals surface area (Å²) in [5.41, 5.74) is 1.70. The van der Waals surface area contributed by atoms with Gasteiger partial charge in [-0.25, -0.2) is 4.99 Å². The average Bonchev–Trinajstić information content (AvgIpc) is 3.30. The van der Waals surface area contributed by atoms with E-state index in [0.717, 1.165) is 31.2 Å². The Labute approximate surface area is 213 Å². The molecule has 176 valence electrons. The molecule has 0 aliphatic carbocycles. The monoisotopic (exact) mass is 569 g/mol. The number of carbonyl (C=O) groups is 1. The van der Waals surface area contributed by atoms with E-state index in [0.29, 0.717) is 30.6 Å². The van der Waals surface area contributed by atoms with E-state index in [1.54, 1.807) is 0 Å². The van der Waals surface area contributed by atoms with Gasteiger partial charge in [0.2, 0.25) is 0 Å². The summed E-state index contributed by atoms with van der Waals surface area (Å²) in [4.78, 5) is 20.8. The van der Waals surface area contributed by atoms with Crippen LogP contribution >= 0.6 is 35.3 Å². The van der Waals surface area contributed by atoms with E-state index >= 15 is 0 Å². The Kier molecular flexibility index (Phi) is 11.5. The van der Waals surface area contributed by atoms with Crippen molar-refractivity contribution in [3.8, 4) is 0 Å². The van der Waals surface area contributed by atoms with E-state index in [1.165, 1.54) is 17.7 Å². The third-order valence-corrected chi connectivity index (χ3v) is 6.61. The molecule has 6 nitrogen and oxygen atoms in total. The first-order valence-corrected chi connectivity index (χ1v) is 12.1. The molecular weight excluding hydrogens is 533 g/mol. The molecule has 32 heavy (non-hydrogen) atoms. The molecule has 1 aromatic carbocycles. The Morgan fingerprint density at radius 1 is 1.16 bits per heavy atom. The second-order valence-electron chi connectivity index (χ2n) is 7.98. The van der Waals surface area contributed by atoms with E-state index < -0.39 is 0 Å². The molecule has 0 radical (unpaired) electrons. The van der Waals surface area contributed by atoms with Crippen LogP contribution in [0.15, 0.2) is 46.8 Å². The minimum absolute atomic E-state index is 0. The summed E-state index contributed by atoms with van der Waals surface area (Å²) in [7, 11) is 2.23. The fourth-order valence-corrected chi connectivity index (χ4v) is 5.18. The normalized spacial score (nSPS) is 19.2. The van der Waals surface area contributed by atoms with Crippen LogP contribution in [0.5, 0.6) is 0 Å². The number of nitrogens with one attached hydrogen (secondary N) is 3. The van der Waals surface area contributed by atoms with Gasteiger partial charge >= 0.3 is 0 Å². The van der Waals surface area contributed by atoms with Gasteiger partial charge in [-0.2, -0.15) is 0 Å². The molecule has 0 bridgehead atoms. The zero-order valence-corrected chi connectivity index (χ0v) is 22.4. The number of hydrogen-bond acceptors (Lipinski definition) is 4. The minimum atomic E-state index is -0.0422. The maximum Gasteiger partial charge on any atom is 0.251 e. The Morgan fingerprint density at radius 2 is 1.97 bits per heavy atom. The molecule has 1 aliphatic heterocycles. The number of thiophene rings is 1. The van der Waals surface area contributed by atoms with Gasteiger partial charge < -0.3 is 16.0 Å². The summed E-state index contributed by atoms with van der Waals surface area (Å²) in [6.45, 7) is 8.00. The van der Waals surface area contributed by atoms with Gasteiger partial charge in [-0.3, -0.25) is 9.69 Å².